The highest BCUT2D eigenvalue weighted by atomic mass is 19.4. The minimum atomic E-state index is -4.36. The molecule has 2 aromatic rings. The average molecular weight is 270 g/mol. The van der Waals surface area contributed by atoms with Crippen molar-refractivity contribution in [3.63, 3.8) is 0 Å². The van der Waals surface area contributed by atoms with Gasteiger partial charge in [0.1, 0.15) is 0 Å². The molecule has 0 amide bonds. The molecule has 4 N–H and O–H groups in total. The number of nitrogens with one attached hydrogen (secondary N) is 2. The van der Waals surface area contributed by atoms with Crippen molar-refractivity contribution in [1.82, 2.24) is 10.2 Å². The fourth-order valence-corrected chi connectivity index (χ4v) is 1.70. The van der Waals surface area contributed by atoms with E-state index < -0.39 is 11.7 Å². The molecule has 0 fully saturated rings. The molecule has 0 aliphatic rings. The van der Waals surface area contributed by atoms with Crippen LogP contribution in [0, 0.1) is 0 Å². The van der Waals surface area contributed by atoms with E-state index in [1.165, 1.54) is 12.3 Å². The van der Waals surface area contributed by atoms with E-state index in [1.54, 1.807) is 6.07 Å². The number of benzene rings is 1. The Morgan fingerprint density at radius 3 is 2.79 bits per heavy atom. The monoisotopic (exact) mass is 270 g/mol. The fourth-order valence-electron chi connectivity index (χ4n) is 1.70. The molecule has 0 saturated heterocycles. The highest BCUT2D eigenvalue weighted by Crippen LogP contribution is 2.33. The quantitative estimate of drug-likeness (QED) is 0.799. The van der Waals surface area contributed by atoms with Gasteiger partial charge in [-0.2, -0.15) is 18.3 Å². The molecule has 1 aromatic heterocycles. The molecule has 4 nitrogen and oxygen atoms in total. The van der Waals surface area contributed by atoms with Crippen LogP contribution in [0.4, 0.5) is 18.9 Å². The first kappa shape index (κ1) is 13.4. The van der Waals surface area contributed by atoms with E-state index >= 15 is 0 Å². The van der Waals surface area contributed by atoms with Gasteiger partial charge in [0.05, 0.1) is 23.1 Å². The first-order valence-corrected chi connectivity index (χ1v) is 5.67. The summed E-state index contributed by atoms with van der Waals surface area (Å²) < 4.78 is 38.0. The Morgan fingerprint density at radius 2 is 2.11 bits per heavy atom. The number of rotatable bonds is 4. The van der Waals surface area contributed by atoms with E-state index in [4.69, 9.17) is 5.73 Å². The summed E-state index contributed by atoms with van der Waals surface area (Å²) in [5.74, 6) is 0. The zero-order valence-corrected chi connectivity index (χ0v) is 9.96. The minimum absolute atomic E-state index is 0.423. The third kappa shape index (κ3) is 3.05. The van der Waals surface area contributed by atoms with E-state index in [9.17, 15) is 13.2 Å². The first-order valence-electron chi connectivity index (χ1n) is 5.67. The molecular weight excluding hydrogens is 257 g/mol. The fraction of sp³-hybridized carbons (Fsp3) is 0.250. The average Bonchev–Trinajstić information content (AvgIpc) is 2.83. The zero-order chi connectivity index (χ0) is 13.9. The number of H-pyrrole nitrogens is 1. The van der Waals surface area contributed by atoms with Crippen LogP contribution in [0.5, 0.6) is 0 Å². The Morgan fingerprint density at radius 1 is 1.32 bits per heavy atom. The van der Waals surface area contributed by atoms with Crippen LogP contribution in [0.2, 0.25) is 0 Å². The van der Waals surface area contributed by atoms with Crippen molar-refractivity contribution < 1.29 is 13.2 Å². The second-order valence-corrected chi connectivity index (χ2v) is 3.95. The number of hydrogen-bond donors (Lipinski definition) is 3. The topological polar surface area (TPSA) is 66.7 Å². The summed E-state index contributed by atoms with van der Waals surface area (Å²) >= 11 is 0. The van der Waals surface area contributed by atoms with Crippen molar-refractivity contribution in [3.05, 3.63) is 36.0 Å². The molecule has 1 aromatic carbocycles. The lowest BCUT2D eigenvalue weighted by Crippen LogP contribution is -2.13. The first-order chi connectivity index (χ1) is 9.02. The summed E-state index contributed by atoms with van der Waals surface area (Å²) in [6, 6.07) is 5.08. The molecule has 0 aliphatic carbocycles. The van der Waals surface area contributed by atoms with Crippen LogP contribution in [0.1, 0.15) is 5.56 Å². The van der Waals surface area contributed by atoms with Gasteiger partial charge in [0.15, 0.2) is 0 Å². The molecule has 7 heteroatoms. The minimum Gasteiger partial charge on any atom is -0.381 e. The van der Waals surface area contributed by atoms with E-state index in [0.29, 0.717) is 30.0 Å². The standard InChI is InChI=1S/C12H13F3N4/c13-12(14,15)9-3-1-2-8(6-9)11-10(7-18-19-11)17-5-4-16/h1-3,6-7,17H,4-5,16H2,(H,18,19). The van der Waals surface area contributed by atoms with Crippen LogP contribution in [-0.2, 0) is 6.18 Å². The van der Waals surface area contributed by atoms with Crippen LogP contribution >= 0.6 is 0 Å². The summed E-state index contributed by atoms with van der Waals surface area (Å²) in [5.41, 5.74) is 6.25. The van der Waals surface area contributed by atoms with E-state index in [1.807, 2.05) is 0 Å². The molecule has 2 rings (SSSR count). The Labute approximate surface area is 107 Å². The lowest BCUT2D eigenvalue weighted by molar-refractivity contribution is -0.137. The Bertz CT molecular complexity index is 548. The number of halogens is 3. The Hall–Kier alpha value is -2.02. The summed E-state index contributed by atoms with van der Waals surface area (Å²) in [6.07, 6.45) is -2.84. The maximum absolute atomic E-state index is 12.7. The van der Waals surface area contributed by atoms with Crippen molar-refractivity contribution in [2.45, 2.75) is 6.18 Å². The maximum Gasteiger partial charge on any atom is 0.416 e. The van der Waals surface area contributed by atoms with Gasteiger partial charge in [-0.25, -0.2) is 0 Å². The number of aromatic amines is 1. The van der Waals surface area contributed by atoms with E-state index in [2.05, 4.69) is 15.5 Å². The number of anilines is 1. The third-order valence-corrected chi connectivity index (χ3v) is 2.58. The molecule has 0 aliphatic heterocycles. The van der Waals surface area contributed by atoms with Crippen LogP contribution < -0.4 is 11.1 Å². The Kier molecular flexibility index (Phi) is 3.75. The summed E-state index contributed by atoms with van der Waals surface area (Å²) in [4.78, 5) is 0. The van der Waals surface area contributed by atoms with Crippen molar-refractivity contribution in [1.29, 1.82) is 0 Å². The van der Waals surface area contributed by atoms with Gasteiger partial charge in [-0.1, -0.05) is 12.1 Å². The maximum atomic E-state index is 12.7. The molecular formula is C12H13F3N4. The second kappa shape index (κ2) is 5.31. The second-order valence-electron chi connectivity index (χ2n) is 3.95. The molecule has 0 spiro atoms. The smallest absolute Gasteiger partial charge is 0.381 e. The molecule has 1 heterocycles. The SMILES string of the molecule is NCCNc1cn[nH]c1-c1cccc(C(F)(F)F)c1. The van der Waals surface area contributed by atoms with E-state index in [-0.39, 0.29) is 0 Å². The number of nitrogens with two attached hydrogens (primary N) is 1. The zero-order valence-electron chi connectivity index (χ0n) is 9.96. The molecule has 0 saturated carbocycles. The van der Waals surface area contributed by atoms with E-state index in [0.717, 1.165) is 12.1 Å². The highest BCUT2D eigenvalue weighted by Gasteiger charge is 2.30. The number of aromatic nitrogens is 2. The van der Waals surface area contributed by atoms with Crippen molar-refractivity contribution in [3.8, 4) is 11.3 Å². The molecule has 0 radical (unpaired) electrons. The predicted octanol–water partition coefficient (Wildman–Crippen LogP) is 2.47. The summed E-state index contributed by atoms with van der Waals surface area (Å²) in [6.45, 7) is 0.943. The van der Waals surface area contributed by atoms with Crippen LogP contribution in [0.15, 0.2) is 30.5 Å². The lowest BCUT2D eigenvalue weighted by atomic mass is 10.1. The van der Waals surface area contributed by atoms with Gasteiger partial charge in [-0.15, -0.1) is 0 Å². The van der Waals surface area contributed by atoms with Gasteiger partial charge in [0, 0.05) is 18.7 Å². The van der Waals surface area contributed by atoms with Gasteiger partial charge in [0.25, 0.3) is 0 Å². The molecule has 19 heavy (non-hydrogen) atoms. The van der Waals surface area contributed by atoms with Crippen LogP contribution in [-0.4, -0.2) is 23.3 Å². The molecule has 0 atom stereocenters. The van der Waals surface area contributed by atoms with Crippen LogP contribution in [0.3, 0.4) is 0 Å². The number of alkyl halides is 3. The molecule has 0 unspecified atom stereocenters. The van der Waals surface area contributed by atoms with Gasteiger partial charge in [0.2, 0.25) is 0 Å². The van der Waals surface area contributed by atoms with Gasteiger partial charge >= 0.3 is 6.18 Å². The highest BCUT2D eigenvalue weighted by molar-refractivity contribution is 5.74. The van der Waals surface area contributed by atoms with Crippen LogP contribution in [0.25, 0.3) is 11.3 Å². The normalized spacial score (nSPS) is 11.6. The van der Waals surface area contributed by atoms with Crippen molar-refractivity contribution >= 4 is 5.69 Å². The van der Waals surface area contributed by atoms with Gasteiger partial charge < -0.3 is 11.1 Å². The molecule has 0 bridgehead atoms. The number of nitrogens with zero attached hydrogens (tertiary/aromatic N) is 1. The Balaban J connectivity index is 2.34. The van der Waals surface area contributed by atoms with Crippen molar-refractivity contribution in [2.24, 2.45) is 5.73 Å². The predicted molar refractivity (Wildman–Crippen MR) is 66.6 cm³/mol. The largest absolute Gasteiger partial charge is 0.416 e. The lowest BCUT2D eigenvalue weighted by Gasteiger charge is -2.09. The van der Waals surface area contributed by atoms with Crippen molar-refractivity contribution in [2.75, 3.05) is 18.4 Å². The summed E-state index contributed by atoms with van der Waals surface area (Å²) in [5, 5.41) is 9.52. The molecule has 102 valence electrons. The number of hydrogen-bond acceptors (Lipinski definition) is 3. The summed E-state index contributed by atoms with van der Waals surface area (Å²) in [7, 11) is 0. The van der Waals surface area contributed by atoms with Gasteiger partial charge in [-0.3, -0.25) is 5.10 Å². The van der Waals surface area contributed by atoms with Gasteiger partial charge in [-0.05, 0) is 12.1 Å². The third-order valence-electron chi connectivity index (χ3n) is 2.58.